The lowest BCUT2D eigenvalue weighted by molar-refractivity contribution is 0.0995. The van der Waals surface area contributed by atoms with Crippen molar-refractivity contribution in [2.45, 2.75) is 32.6 Å². The molecule has 2 aromatic rings. The molecule has 19 heavy (non-hydrogen) atoms. The van der Waals surface area contributed by atoms with Gasteiger partial charge in [0.15, 0.2) is 5.76 Å². The van der Waals surface area contributed by atoms with Crippen LogP contribution < -0.4 is 5.32 Å². The Kier molecular flexibility index (Phi) is 3.11. The number of rotatable bonds is 2. The third-order valence-electron chi connectivity index (χ3n) is 3.61. The van der Waals surface area contributed by atoms with Crippen LogP contribution in [0.4, 0.5) is 5.69 Å². The quantitative estimate of drug-likeness (QED) is 0.888. The summed E-state index contributed by atoms with van der Waals surface area (Å²) < 4.78 is 5.35. The second-order valence-corrected chi connectivity index (χ2v) is 5.01. The van der Waals surface area contributed by atoms with Crippen molar-refractivity contribution in [1.82, 2.24) is 0 Å². The van der Waals surface area contributed by atoms with Gasteiger partial charge in [0.2, 0.25) is 0 Å². The Morgan fingerprint density at radius 1 is 1.16 bits per heavy atom. The Morgan fingerprint density at radius 2 is 2.00 bits per heavy atom. The highest BCUT2D eigenvalue weighted by atomic mass is 16.3. The van der Waals surface area contributed by atoms with Crippen molar-refractivity contribution in [3.8, 4) is 0 Å². The molecule has 3 nitrogen and oxygen atoms in total. The van der Waals surface area contributed by atoms with Gasteiger partial charge in [-0.2, -0.15) is 0 Å². The van der Waals surface area contributed by atoms with Gasteiger partial charge in [0, 0.05) is 5.69 Å². The van der Waals surface area contributed by atoms with Gasteiger partial charge in [0.25, 0.3) is 5.91 Å². The number of fused-ring (bicyclic) bond motifs is 1. The highest BCUT2D eigenvalue weighted by molar-refractivity contribution is 6.02. The summed E-state index contributed by atoms with van der Waals surface area (Å²) in [6.45, 7) is 1.83. The second kappa shape index (κ2) is 4.92. The number of aryl methyl sites for hydroxylation is 2. The van der Waals surface area contributed by atoms with E-state index < -0.39 is 0 Å². The zero-order valence-electron chi connectivity index (χ0n) is 11.0. The van der Waals surface area contributed by atoms with Gasteiger partial charge in [-0.25, -0.2) is 0 Å². The number of nitrogens with one attached hydrogen (secondary N) is 1. The standard InChI is InChI=1S/C16H17NO2/c1-11-9-10-15(19-11)16(18)17-14-8-4-6-12-5-2-3-7-13(12)14/h4,6,8-10H,2-3,5,7H2,1H3,(H,17,18). The summed E-state index contributed by atoms with van der Waals surface area (Å²) in [7, 11) is 0. The van der Waals surface area contributed by atoms with Crippen LogP contribution in [0.3, 0.4) is 0 Å². The van der Waals surface area contributed by atoms with Crippen molar-refractivity contribution >= 4 is 11.6 Å². The van der Waals surface area contributed by atoms with Crippen molar-refractivity contribution in [3.63, 3.8) is 0 Å². The summed E-state index contributed by atoms with van der Waals surface area (Å²) in [6, 6.07) is 9.64. The maximum absolute atomic E-state index is 12.1. The molecule has 3 heteroatoms. The van der Waals surface area contributed by atoms with Crippen molar-refractivity contribution in [2.75, 3.05) is 5.32 Å². The number of hydrogen-bond donors (Lipinski definition) is 1. The molecule has 0 unspecified atom stereocenters. The van der Waals surface area contributed by atoms with Crippen LogP contribution in [-0.2, 0) is 12.8 Å². The lowest BCUT2D eigenvalue weighted by Crippen LogP contribution is -2.14. The van der Waals surface area contributed by atoms with E-state index in [1.807, 2.05) is 19.1 Å². The molecule has 0 saturated heterocycles. The second-order valence-electron chi connectivity index (χ2n) is 5.01. The number of hydrogen-bond acceptors (Lipinski definition) is 2. The average Bonchev–Trinajstić information content (AvgIpc) is 2.86. The number of carbonyl (C=O) groups is 1. The lowest BCUT2D eigenvalue weighted by atomic mass is 9.90. The molecule has 1 aromatic carbocycles. The molecular weight excluding hydrogens is 238 g/mol. The van der Waals surface area contributed by atoms with Crippen LogP contribution in [0, 0.1) is 6.92 Å². The minimum atomic E-state index is -0.174. The van der Waals surface area contributed by atoms with Crippen molar-refractivity contribution < 1.29 is 9.21 Å². The Balaban J connectivity index is 1.85. The predicted octanol–water partition coefficient (Wildman–Crippen LogP) is 3.72. The van der Waals surface area contributed by atoms with Crippen LogP contribution in [0.1, 0.15) is 40.3 Å². The maximum atomic E-state index is 12.1. The molecular formula is C16H17NO2. The zero-order chi connectivity index (χ0) is 13.2. The molecule has 1 aliphatic carbocycles. The van der Waals surface area contributed by atoms with Gasteiger partial charge in [0.05, 0.1) is 0 Å². The summed E-state index contributed by atoms with van der Waals surface area (Å²) in [5.74, 6) is 0.943. The number of amides is 1. The topological polar surface area (TPSA) is 42.2 Å². The summed E-state index contributed by atoms with van der Waals surface area (Å²) in [4.78, 5) is 12.1. The number of furan rings is 1. The van der Waals surface area contributed by atoms with Gasteiger partial charge < -0.3 is 9.73 Å². The van der Waals surface area contributed by atoms with E-state index in [2.05, 4.69) is 11.4 Å². The molecule has 0 bridgehead atoms. The molecule has 1 heterocycles. The molecule has 0 saturated carbocycles. The van der Waals surface area contributed by atoms with Crippen LogP contribution in [0.15, 0.2) is 34.7 Å². The Hall–Kier alpha value is -2.03. The Morgan fingerprint density at radius 3 is 2.79 bits per heavy atom. The monoisotopic (exact) mass is 255 g/mol. The van der Waals surface area contributed by atoms with Crippen LogP contribution >= 0.6 is 0 Å². The largest absolute Gasteiger partial charge is 0.456 e. The Bertz CT molecular complexity index is 613. The predicted molar refractivity (Wildman–Crippen MR) is 74.5 cm³/mol. The van der Waals surface area contributed by atoms with Crippen molar-refractivity contribution in [2.24, 2.45) is 0 Å². The fourth-order valence-electron chi connectivity index (χ4n) is 2.64. The summed E-state index contributed by atoms with van der Waals surface area (Å²) >= 11 is 0. The van der Waals surface area contributed by atoms with E-state index in [-0.39, 0.29) is 5.91 Å². The fourth-order valence-corrected chi connectivity index (χ4v) is 2.64. The molecule has 0 atom stereocenters. The molecule has 0 fully saturated rings. The summed E-state index contributed by atoms with van der Waals surface area (Å²) in [5.41, 5.74) is 3.57. The molecule has 1 N–H and O–H groups in total. The third kappa shape index (κ3) is 2.41. The normalized spacial score (nSPS) is 13.9. The van der Waals surface area contributed by atoms with E-state index in [9.17, 15) is 4.79 Å². The van der Waals surface area contributed by atoms with Gasteiger partial charge in [-0.15, -0.1) is 0 Å². The number of anilines is 1. The number of benzene rings is 1. The van der Waals surface area contributed by atoms with E-state index in [0.717, 1.165) is 24.3 Å². The molecule has 1 aromatic heterocycles. The molecule has 1 amide bonds. The van der Waals surface area contributed by atoms with Gasteiger partial charge in [-0.05, 0) is 61.9 Å². The van der Waals surface area contributed by atoms with E-state index in [1.54, 1.807) is 12.1 Å². The molecule has 0 radical (unpaired) electrons. The highest BCUT2D eigenvalue weighted by Crippen LogP contribution is 2.28. The first-order valence-corrected chi connectivity index (χ1v) is 6.72. The zero-order valence-corrected chi connectivity index (χ0v) is 11.0. The lowest BCUT2D eigenvalue weighted by Gasteiger charge is -2.19. The van der Waals surface area contributed by atoms with Crippen LogP contribution in [0.2, 0.25) is 0 Å². The van der Waals surface area contributed by atoms with Gasteiger partial charge in [-0.1, -0.05) is 12.1 Å². The molecule has 0 spiro atoms. The van der Waals surface area contributed by atoms with Gasteiger partial charge >= 0.3 is 0 Å². The minimum absolute atomic E-state index is 0.174. The van der Waals surface area contributed by atoms with Crippen LogP contribution in [0.5, 0.6) is 0 Å². The summed E-state index contributed by atoms with van der Waals surface area (Å²) in [5, 5.41) is 2.97. The van der Waals surface area contributed by atoms with E-state index >= 15 is 0 Å². The van der Waals surface area contributed by atoms with E-state index in [4.69, 9.17) is 4.42 Å². The van der Waals surface area contributed by atoms with Crippen LogP contribution in [-0.4, -0.2) is 5.91 Å². The smallest absolute Gasteiger partial charge is 0.291 e. The molecule has 98 valence electrons. The highest BCUT2D eigenvalue weighted by Gasteiger charge is 2.16. The molecule has 1 aliphatic rings. The fraction of sp³-hybridized carbons (Fsp3) is 0.312. The maximum Gasteiger partial charge on any atom is 0.291 e. The third-order valence-corrected chi connectivity index (χ3v) is 3.61. The summed E-state index contributed by atoms with van der Waals surface area (Å²) in [6.07, 6.45) is 4.59. The first kappa shape index (κ1) is 12.0. The van der Waals surface area contributed by atoms with Crippen LogP contribution in [0.25, 0.3) is 0 Å². The van der Waals surface area contributed by atoms with Crippen molar-refractivity contribution in [1.29, 1.82) is 0 Å². The minimum Gasteiger partial charge on any atom is -0.456 e. The molecule has 0 aliphatic heterocycles. The van der Waals surface area contributed by atoms with E-state index in [1.165, 1.54) is 24.0 Å². The molecule has 3 rings (SSSR count). The van der Waals surface area contributed by atoms with Crippen molar-refractivity contribution in [3.05, 3.63) is 53.0 Å². The number of carbonyl (C=O) groups excluding carboxylic acids is 1. The SMILES string of the molecule is Cc1ccc(C(=O)Nc2cccc3c2CCCC3)o1. The van der Waals surface area contributed by atoms with E-state index in [0.29, 0.717) is 5.76 Å². The van der Waals surface area contributed by atoms with Gasteiger partial charge in [-0.3, -0.25) is 4.79 Å². The average molecular weight is 255 g/mol. The first-order chi connectivity index (χ1) is 9.24. The van der Waals surface area contributed by atoms with Gasteiger partial charge in [0.1, 0.15) is 5.76 Å². The Labute approximate surface area is 112 Å². The first-order valence-electron chi connectivity index (χ1n) is 6.72.